The zero-order valence-corrected chi connectivity index (χ0v) is 46.3. The zero-order chi connectivity index (χ0) is 50.7. The molecule has 0 aromatic rings. The number of esters is 3. The quantitative estimate of drug-likeness (QED) is 0.0261. The summed E-state index contributed by atoms with van der Waals surface area (Å²) >= 11 is 0. The summed E-state index contributed by atoms with van der Waals surface area (Å²) in [5, 5.41) is 0. The lowest BCUT2D eigenvalue weighted by Gasteiger charge is -2.18. The minimum atomic E-state index is -0.769. The molecule has 0 bridgehead atoms. The number of hydrogen-bond acceptors (Lipinski definition) is 6. The molecular weight excluding hydrogens is 865 g/mol. The van der Waals surface area contributed by atoms with Crippen LogP contribution in [0.5, 0.6) is 0 Å². The van der Waals surface area contributed by atoms with Crippen molar-refractivity contribution in [2.45, 2.75) is 303 Å². The Bertz CT molecular complexity index is 1310. The number of allylic oxidation sites excluding steroid dienone is 12. The van der Waals surface area contributed by atoms with Crippen LogP contribution in [0.15, 0.2) is 72.9 Å². The van der Waals surface area contributed by atoms with Crippen molar-refractivity contribution in [1.29, 1.82) is 0 Å². The molecule has 0 saturated carbocycles. The minimum absolute atomic E-state index is 0.0709. The van der Waals surface area contributed by atoms with Gasteiger partial charge in [0.05, 0.1) is 0 Å². The summed E-state index contributed by atoms with van der Waals surface area (Å²) < 4.78 is 16.8. The molecular formula is C64H112O6. The fourth-order valence-corrected chi connectivity index (χ4v) is 8.51. The van der Waals surface area contributed by atoms with Crippen molar-refractivity contribution in [1.82, 2.24) is 0 Å². The van der Waals surface area contributed by atoms with Crippen molar-refractivity contribution in [3.63, 3.8) is 0 Å². The molecule has 0 rings (SSSR count). The van der Waals surface area contributed by atoms with Crippen molar-refractivity contribution < 1.29 is 28.6 Å². The van der Waals surface area contributed by atoms with Crippen molar-refractivity contribution in [3.8, 4) is 0 Å². The van der Waals surface area contributed by atoms with Crippen molar-refractivity contribution in [3.05, 3.63) is 72.9 Å². The molecule has 0 N–H and O–H groups in total. The van der Waals surface area contributed by atoms with Crippen LogP contribution in [-0.2, 0) is 28.6 Å². The van der Waals surface area contributed by atoms with Gasteiger partial charge in [-0.1, -0.05) is 280 Å². The topological polar surface area (TPSA) is 78.9 Å². The van der Waals surface area contributed by atoms with Gasteiger partial charge in [-0.05, 0) is 70.6 Å². The van der Waals surface area contributed by atoms with Crippen LogP contribution in [0, 0.1) is 0 Å². The minimum Gasteiger partial charge on any atom is -0.462 e. The van der Waals surface area contributed by atoms with Gasteiger partial charge in [0.15, 0.2) is 6.10 Å². The second-order valence-electron chi connectivity index (χ2n) is 19.9. The molecule has 0 aromatic heterocycles. The van der Waals surface area contributed by atoms with Gasteiger partial charge in [0, 0.05) is 19.3 Å². The average molecular weight is 978 g/mol. The van der Waals surface area contributed by atoms with Gasteiger partial charge in [-0.15, -0.1) is 0 Å². The second-order valence-corrected chi connectivity index (χ2v) is 19.9. The molecule has 0 aromatic carbocycles. The third kappa shape index (κ3) is 55.8. The van der Waals surface area contributed by atoms with E-state index in [9.17, 15) is 14.4 Å². The SMILES string of the molecule is CC/C=C\C/C=C\C/C=C\C/C=C\C/C=C\C/C=C\CCCCCCCCCCCCCCC(=O)OCC(COC(=O)CCCCCCCCCC)OC(=O)CCCCCCCCCCCCCCC. The van der Waals surface area contributed by atoms with E-state index in [1.165, 1.54) is 161 Å². The van der Waals surface area contributed by atoms with Crippen LogP contribution >= 0.6 is 0 Å². The summed E-state index contributed by atoms with van der Waals surface area (Å²) in [5.74, 6) is -0.866. The van der Waals surface area contributed by atoms with Crippen LogP contribution in [0.4, 0.5) is 0 Å². The average Bonchev–Trinajstić information content (AvgIpc) is 3.36. The number of rotatable bonds is 54. The predicted molar refractivity (Wildman–Crippen MR) is 302 cm³/mol. The maximum Gasteiger partial charge on any atom is 0.306 e. The van der Waals surface area contributed by atoms with Crippen LogP contribution in [0.3, 0.4) is 0 Å². The van der Waals surface area contributed by atoms with E-state index in [-0.39, 0.29) is 31.1 Å². The monoisotopic (exact) mass is 977 g/mol. The van der Waals surface area contributed by atoms with Crippen LogP contribution in [-0.4, -0.2) is 37.2 Å². The van der Waals surface area contributed by atoms with E-state index in [1.807, 2.05) is 0 Å². The Labute approximate surface area is 433 Å². The molecule has 0 aliphatic carbocycles. The first-order valence-electron chi connectivity index (χ1n) is 29.9. The van der Waals surface area contributed by atoms with E-state index < -0.39 is 6.10 Å². The van der Waals surface area contributed by atoms with Gasteiger partial charge in [0.25, 0.3) is 0 Å². The molecule has 1 unspecified atom stereocenters. The standard InChI is InChI=1S/C64H112O6/c1-4-7-10-13-16-19-21-23-24-25-26-27-28-29-30-31-32-33-34-35-36-37-38-39-40-42-43-45-48-51-54-57-63(66)69-60-61(59-68-62(65)56-53-50-47-18-15-12-9-6-3)70-64(67)58-55-52-49-46-44-41-22-20-17-14-11-8-5-2/h7,10,16,19,23-24,26-27,29-30,32-33,61H,4-6,8-9,11-15,17-18,20-22,25,28,31,34-60H2,1-3H3/b10-7-,19-16-,24-23-,27-26-,30-29-,33-32-. The molecule has 6 heteroatoms. The second kappa shape index (κ2) is 58.4. The fourth-order valence-electron chi connectivity index (χ4n) is 8.51. The molecule has 0 radical (unpaired) electrons. The summed E-state index contributed by atoms with van der Waals surface area (Å²) in [4.78, 5) is 38.0. The third-order valence-electron chi connectivity index (χ3n) is 13.0. The Balaban J connectivity index is 4.08. The first-order chi connectivity index (χ1) is 34.5. The largest absolute Gasteiger partial charge is 0.462 e. The highest BCUT2D eigenvalue weighted by atomic mass is 16.6. The molecule has 0 saturated heterocycles. The summed E-state index contributed by atoms with van der Waals surface area (Å²) in [6, 6.07) is 0. The van der Waals surface area contributed by atoms with Crippen LogP contribution in [0.2, 0.25) is 0 Å². The molecule has 0 heterocycles. The molecule has 0 fully saturated rings. The summed E-state index contributed by atoms with van der Waals surface area (Å²) in [7, 11) is 0. The van der Waals surface area contributed by atoms with E-state index in [2.05, 4.69) is 93.7 Å². The lowest BCUT2D eigenvalue weighted by atomic mass is 10.0. The normalized spacial score (nSPS) is 12.6. The Morgan fingerprint density at radius 1 is 0.300 bits per heavy atom. The Morgan fingerprint density at radius 3 is 0.871 bits per heavy atom. The summed E-state index contributed by atoms with van der Waals surface area (Å²) in [6.07, 6.45) is 74.9. The van der Waals surface area contributed by atoms with Crippen molar-refractivity contribution in [2.24, 2.45) is 0 Å². The summed E-state index contributed by atoms with van der Waals surface area (Å²) in [5.41, 5.74) is 0. The van der Waals surface area contributed by atoms with Gasteiger partial charge < -0.3 is 14.2 Å². The number of hydrogen-bond donors (Lipinski definition) is 0. The van der Waals surface area contributed by atoms with Crippen LogP contribution in [0.25, 0.3) is 0 Å². The Kier molecular flexibility index (Phi) is 55.8. The van der Waals surface area contributed by atoms with Gasteiger partial charge in [-0.25, -0.2) is 0 Å². The summed E-state index contributed by atoms with van der Waals surface area (Å²) in [6.45, 7) is 6.51. The highest BCUT2D eigenvalue weighted by Crippen LogP contribution is 2.16. The number of ether oxygens (including phenoxy) is 3. The van der Waals surface area contributed by atoms with Crippen LogP contribution in [0.1, 0.15) is 297 Å². The molecule has 1 atom stereocenters. The van der Waals surface area contributed by atoms with E-state index >= 15 is 0 Å². The van der Waals surface area contributed by atoms with E-state index in [0.29, 0.717) is 19.3 Å². The Hall–Kier alpha value is -3.15. The molecule has 0 aliphatic heterocycles. The van der Waals surface area contributed by atoms with E-state index in [4.69, 9.17) is 14.2 Å². The molecule has 0 amide bonds. The molecule has 70 heavy (non-hydrogen) atoms. The highest BCUT2D eigenvalue weighted by molar-refractivity contribution is 5.71. The molecule has 0 spiro atoms. The van der Waals surface area contributed by atoms with Gasteiger partial charge in [-0.2, -0.15) is 0 Å². The van der Waals surface area contributed by atoms with Gasteiger partial charge in [0.1, 0.15) is 13.2 Å². The lowest BCUT2D eigenvalue weighted by Crippen LogP contribution is -2.30. The Morgan fingerprint density at radius 2 is 0.557 bits per heavy atom. The smallest absolute Gasteiger partial charge is 0.306 e. The van der Waals surface area contributed by atoms with E-state index in [1.54, 1.807) is 0 Å². The van der Waals surface area contributed by atoms with Gasteiger partial charge >= 0.3 is 17.9 Å². The maximum atomic E-state index is 12.8. The first kappa shape index (κ1) is 66.9. The number of carbonyl (C=O) groups excluding carboxylic acids is 3. The van der Waals surface area contributed by atoms with E-state index in [0.717, 1.165) is 96.3 Å². The number of carbonyl (C=O) groups is 3. The highest BCUT2D eigenvalue weighted by Gasteiger charge is 2.19. The predicted octanol–water partition coefficient (Wildman–Crippen LogP) is 20.2. The zero-order valence-electron chi connectivity index (χ0n) is 46.3. The number of unbranched alkanes of at least 4 members (excludes halogenated alkanes) is 31. The first-order valence-corrected chi connectivity index (χ1v) is 29.9. The van der Waals surface area contributed by atoms with Crippen molar-refractivity contribution in [2.75, 3.05) is 13.2 Å². The molecule has 404 valence electrons. The third-order valence-corrected chi connectivity index (χ3v) is 13.0. The maximum absolute atomic E-state index is 12.8. The lowest BCUT2D eigenvalue weighted by molar-refractivity contribution is -0.167. The fraction of sp³-hybridized carbons (Fsp3) is 0.766. The van der Waals surface area contributed by atoms with Crippen LogP contribution < -0.4 is 0 Å². The van der Waals surface area contributed by atoms with Gasteiger partial charge in [-0.3, -0.25) is 14.4 Å². The molecule has 0 aliphatic rings. The van der Waals surface area contributed by atoms with Gasteiger partial charge in [0.2, 0.25) is 0 Å². The molecule has 6 nitrogen and oxygen atoms in total. The van der Waals surface area contributed by atoms with Crippen molar-refractivity contribution >= 4 is 17.9 Å².